The number of aromatic nitrogens is 1. The summed E-state index contributed by atoms with van der Waals surface area (Å²) in [6.07, 6.45) is 5.53. The number of hydrogen-bond acceptors (Lipinski definition) is 7. The largest absolute Gasteiger partial charge is 0.445 e. The van der Waals surface area contributed by atoms with Gasteiger partial charge in [-0.1, -0.05) is 12.1 Å². The van der Waals surface area contributed by atoms with Gasteiger partial charge in [-0.3, -0.25) is 10.7 Å². The summed E-state index contributed by atoms with van der Waals surface area (Å²) >= 11 is 0. The lowest BCUT2D eigenvalue weighted by atomic mass is 9.94. The van der Waals surface area contributed by atoms with E-state index in [9.17, 15) is 0 Å². The lowest BCUT2D eigenvalue weighted by molar-refractivity contribution is 0.574. The average molecular weight is 451 g/mol. The number of aliphatic imine (C=N–C) groups is 1. The number of nitrogens with two attached hydrogens (primary N) is 2. The maximum absolute atomic E-state index is 6.54. The molecule has 0 saturated heterocycles. The highest BCUT2D eigenvalue weighted by atomic mass is 16.3. The van der Waals surface area contributed by atoms with Crippen LogP contribution in [0.2, 0.25) is 0 Å². The van der Waals surface area contributed by atoms with Crippen LogP contribution in [0.3, 0.4) is 0 Å². The zero-order chi connectivity index (χ0) is 23.2. The summed E-state index contributed by atoms with van der Waals surface area (Å²) in [5, 5.41) is 3.45. The smallest absolute Gasteiger partial charge is 0.225 e. The van der Waals surface area contributed by atoms with Crippen LogP contribution in [0.4, 0.5) is 17.1 Å². The van der Waals surface area contributed by atoms with Crippen LogP contribution in [0, 0.1) is 6.92 Å². The van der Waals surface area contributed by atoms with Gasteiger partial charge >= 0.3 is 0 Å². The molecule has 3 heterocycles. The first-order chi connectivity index (χ1) is 16.6. The molecule has 0 saturated carbocycles. The van der Waals surface area contributed by atoms with Gasteiger partial charge in [0.05, 0.1) is 11.9 Å². The number of hydrogen-bond donors (Lipinski definition) is 3. The quantitative estimate of drug-likeness (QED) is 0.401. The third-order valence-electron chi connectivity index (χ3n) is 6.64. The molecule has 0 fully saturated rings. The predicted octanol–water partition coefficient (Wildman–Crippen LogP) is 4.36. The van der Waals surface area contributed by atoms with E-state index in [0.717, 1.165) is 58.7 Å². The number of rotatable bonds is 3. The van der Waals surface area contributed by atoms with Gasteiger partial charge in [-0.2, -0.15) is 0 Å². The van der Waals surface area contributed by atoms with Crippen molar-refractivity contribution in [3.05, 3.63) is 83.2 Å². The molecule has 7 heteroatoms. The van der Waals surface area contributed by atoms with Crippen LogP contribution >= 0.6 is 0 Å². The van der Waals surface area contributed by atoms with E-state index in [0.29, 0.717) is 11.6 Å². The second-order valence-electron chi connectivity index (χ2n) is 8.81. The first-order valence-electron chi connectivity index (χ1n) is 11.4. The van der Waals surface area contributed by atoms with Crippen molar-refractivity contribution in [3.8, 4) is 22.6 Å². The molecule has 1 aromatic heterocycles. The van der Waals surface area contributed by atoms with Gasteiger partial charge < -0.3 is 20.4 Å². The monoisotopic (exact) mass is 450 g/mol. The molecule has 1 unspecified atom stereocenters. The summed E-state index contributed by atoms with van der Waals surface area (Å²) in [5.74, 6) is 0.606. The molecule has 1 atom stereocenters. The van der Waals surface area contributed by atoms with Crippen LogP contribution < -0.4 is 21.7 Å². The summed E-state index contributed by atoms with van der Waals surface area (Å²) in [4.78, 5) is 10.9. The maximum Gasteiger partial charge on any atom is 0.225 e. The summed E-state index contributed by atoms with van der Waals surface area (Å²) in [6, 6.07) is 16.9. The summed E-state index contributed by atoms with van der Waals surface area (Å²) in [5.41, 5.74) is 23.4. The van der Waals surface area contributed by atoms with E-state index >= 15 is 0 Å². The third kappa shape index (κ3) is 3.46. The van der Waals surface area contributed by atoms with Gasteiger partial charge in [0.15, 0.2) is 6.29 Å². The van der Waals surface area contributed by atoms with Crippen molar-refractivity contribution in [2.75, 3.05) is 17.2 Å². The Morgan fingerprint density at radius 2 is 1.97 bits per heavy atom. The molecule has 0 aliphatic carbocycles. The van der Waals surface area contributed by atoms with Crippen LogP contribution in [0.5, 0.6) is 0 Å². The molecule has 2 aliphatic rings. The van der Waals surface area contributed by atoms with Gasteiger partial charge in [-0.15, -0.1) is 0 Å². The first kappa shape index (κ1) is 20.7. The van der Waals surface area contributed by atoms with Crippen molar-refractivity contribution >= 4 is 23.3 Å². The van der Waals surface area contributed by atoms with Crippen molar-refractivity contribution in [3.63, 3.8) is 0 Å². The molecule has 0 amide bonds. The Morgan fingerprint density at radius 3 is 2.79 bits per heavy atom. The Balaban J connectivity index is 1.45. The van der Waals surface area contributed by atoms with Crippen LogP contribution in [-0.4, -0.2) is 24.0 Å². The minimum Gasteiger partial charge on any atom is -0.445 e. The molecular weight excluding hydrogens is 424 g/mol. The van der Waals surface area contributed by atoms with Crippen molar-refractivity contribution in [2.45, 2.75) is 26.2 Å². The van der Waals surface area contributed by atoms with E-state index in [4.69, 9.17) is 15.9 Å². The van der Waals surface area contributed by atoms with E-state index in [1.54, 1.807) is 18.7 Å². The highest BCUT2D eigenvalue weighted by Crippen LogP contribution is 2.40. The molecule has 0 radical (unpaired) electrons. The Morgan fingerprint density at radius 1 is 1.06 bits per heavy atom. The van der Waals surface area contributed by atoms with Gasteiger partial charge in [0.25, 0.3) is 0 Å². The SMILES string of the molecule is Cc1cc(-c2ncco2)ccc1-c1cc(N)c2c(c1)N(c1ccc3c(c1)CNCC3)C(N)N=C2. The predicted molar refractivity (Wildman–Crippen MR) is 136 cm³/mol. The number of nitrogen functional groups attached to an aromatic ring is 1. The third-order valence-corrected chi connectivity index (χ3v) is 6.64. The average Bonchev–Trinajstić information content (AvgIpc) is 3.38. The fraction of sp³-hybridized carbons (Fsp3) is 0.185. The molecule has 170 valence electrons. The maximum atomic E-state index is 6.54. The Bertz CT molecular complexity index is 1410. The molecule has 4 aromatic rings. The molecule has 5 N–H and O–H groups in total. The number of nitrogens with zero attached hydrogens (tertiary/aromatic N) is 3. The van der Waals surface area contributed by atoms with E-state index in [2.05, 4.69) is 63.5 Å². The fourth-order valence-corrected chi connectivity index (χ4v) is 4.91. The number of aryl methyl sites for hydroxylation is 1. The second kappa shape index (κ2) is 8.13. The number of oxazole rings is 1. The van der Waals surface area contributed by atoms with Gasteiger partial charge in [-0.25, -0.2) is 4.98 Å². The molecule has 34 heavy (non-hydrogen) atoms. The molecule has 3 aromatic carbocycles. The number of anilines is 3. The van der Waals surface area contributed by atoms with E-state index in [1.807, 2.05) is 12.1 Å². The summed E-state index contributed by atoms with van der Waals surface area (Å²) in [6.45, 7) is 3.95. The molecule has 7 nitrogen and oxygen atoms in total. The van der Waals surface area contributed by atoms with Crippen LogP contribution in [-0.2, 0) is 13.0 Å². The normalized spacial score (nSPS) is 16.9. The van der Waals surface area contributed by atoms with E-state index < -0.39 is 6.29 Å². The summed E-state index contributed by atoms with van der Waals surface area (Å²) in [7, 11) is 0. The first-order valence-corrected chi connectivity index (χ1v) is 11.4. The fourth-order valence-electron chi connectivity index (χ4n) is 4.91. The number of nitrogens with one attached hydrogen (secondary N) is 1. The van der Waals surface area contributed by atoms with Crippen LogP contribution in [0.1, 0.15) is 22.3 Å². The highest BCUT2D eigenvalue weighted by Gasteiger charge is 2.26. The zero-order valence-corrected chi connectivity index (χ0v) is 19.0. The van der Waals surface area contributed by atoms with Crippen molar-refractivity contribution in [1.29, 1.82) is 0 Å². The van der Waals surface area contributed by atoms with Gasteiger partial charge in [0, 0.05) is 35.3 Å². The lowest BCUT2D eigenvalue weighted by Gasteiger charge is -2.34. The minimum atomic E-state index is -0.523. The molecule has 6 rings (SSSR count). The van der Waals surface area contributed by atoms with Gasteiger partial charge in [-0.05, 0) is 84.1 Å². The Labute approximate surface area is 198 Å². The minimum absolute atomic E-state index is 0.523. The molecular formula is C27H26N6O. The van der Waals surface area contributed by atoms with Gasteiger partial charge in [0.2, 0.25) is 5.89 Å². The van der Waals surface area contributed by atoms with Crippen LogP contribution in [0.15, 0.2) is 70.4 Å². The summed E-state index contributed by atoms with van der Waals surface area (Å²) < 4.78 is 5.46. The zero-order valence-electron chi connectivity index (χ0n) is 19.0. The van der Waals surface area contributed by atoms with Crippen molar-refractivity contribution in [1.82, 2.24) is 10.3 Å². The number of fused-ring (bicyclic) bond motifs is 2. The van der Waals surface area contributed by atoms with E-state index in [-0.39, 0.29) is 0 Å². The van der Waals surface area contributed by atoms with E-state index in [1.165, 1.54) is 11.1 Å². The lowest BCUT2D eigenvalue weighted by Crippen LogP contribution is -2.40. The molecule has 0 spiro atoms. The van der Waals surface area contributed by atoms with Crippen molar-refractivity contribution in [2.24, 2.45) is 10.7 Å². The second-order valence-corrected chi connectivity index (χ2v) is 8.81. The standard InChI is InChI=1S/C27H26N6O/c1-16-10-18(26-31-8-9-34-26)3-5-22(16)19-12-24(28)23-15-32-27(29)33(25(23)13-19)21-4-2-17-6-7-30-14-20(17)11-21/h2-5,8-13,15,27,30H,6-7,14,28-29H2,1H3. The van der Waals surface area contributed by atoms with Gasteiger partial charge in [0.1, 0.15) is 6.26 Å². The van der Waals surface area contributed by atoms with Crippen LogP contribution in [0.25, 0.3) is 22.6 Å². The molecule has 2 aliphatic heterocycles. The number of benzene rings is 3. The highest BCUT2D eigenvalue weighted by molar-refractivity contribution is 6.00. The topological polar surface area (TPSA) is 106 Å². The van der Waals surface area contributed by atoms with Crippen molar-refractivity contribution < 1.29 is 4.42 Å². The Kier molecular flexibility index (Phi) is 4.94. The Hall–Kier alpha value is -3.94. The molecule has 0 bridgehead atoms.